The summed E-state index contributed by atoms with van der Waals surface area (Å²) in [6.07, 6.45) is -44.3. The van der Waals surface area contributed by atoms with Crippen LogP contribution in [0.5, 0.6) is 0 Å². The Morgan fingerprint density at radius 3 is 1.79 bits per heavy atom. The third-order valence-electron chi connectivity index (χ3n) is 12.2. The van der Waals surface area contributed by atoms with E-state index >= 15 is 0 Å². The van der Waals surface area contributed by atoms with Gasteiger partial charge in [-0.2, -0.15) is 0 Å². The van der Waals surface area contributed by atoms with Crippen molar-refractivity contribution in [2.24, 2.45) is 0 Å². The van der Waals surface area contributed by atoms with Gasteiger partial charge in [0.05, 0.1) is 57.8 Å². The first-order chi connectivity index (χ1) is 33.8. The van der Waals surface area contributed by atoms with Crippen molar-refractivity contribution in [3.05, 3.63) is 0 Å². The first-order valence-corrected chi connectivity index (χ1v) is 22.3. The fraction of sp³-hybridized carbons (Fsp3) is 0.897. The summed E-state index contributed by atoms with van der Waals surface area (Å²) in [7, 11) is 0. The second-order valence-electron chi connectivity index (χ2n) is 17.4. The number of aliphatic carboxylic acids is 1. The van der Waals surface area contributed by atoms with E-state index in [0.717, 1.165) is 13.8 Å². The normalized spacial score (nSPS) is 39.9. The van der Waals surface area contributed by atoms with Crippen LogP contribution in [0.2, 0.25) is 0 Å². The maximum Gasteiger partial charge on any atom is 0.364 e. The number of carbonyl (C=O) groups excluding carboxylic acids is 3. The minimum absolute atomic E-state index is 0.825. The Morgan fingerprint density at radius 2 is 1.25 bits per heavy atom. The molecule has 0 radical (unpaired) electrons. The van der Waals surface area contributed by atoms with Gasteiger partial charge >= 0.3 is 5.97 Å². The molecule has 4 saturated heterocycles. The summed E-state index contributed by atoms with van der Waals surface area (Å²) in [5.41, 5.74) is 0. The van der Waals surface area contributed by atoms with Crippen LogP contribution in [0.4, 0.5) is 0 Å². The predicted octanol–water partition coefficient (Wildman–Crippen LogP) is -13.7. The van der Waals surface area contributed by atoms with Crippen molar-refractivity contribution in [1.29, 1.82) is 0 Å². The first kappa shape index (κ1) is 61.4. The van der Waals surface area contributed by atoms with Crippen LogP contribution < -0.4 is 16.0 Å². The van der Waals surface area contributed by atoms with Gasteiger partial charge in [-0.3, -0.25) is 14.4 Å². The first-order valence-electron chi connectivity index (χ1n) is 22.3. The molecule has 21 N–H and O–H groups in total. The number of amides is 3. The molecule has 0 aromatic heterocycles. The van der Waals surface area contributed by atoms with Crippen LogP contribution in [0.1, 0.15) is 20.3 Å². The number of carboxylic acid groups (broad SMARTS) is 1. The Kier molecular flexibility index (Phi) is 23.1. The third kappa shape index (κ3) is 14.2. The van der Waals surface area contributed by atoms with Gasteiger partial charge in [-0.1, -0.05) is 0 Å². The van der Waals surface area contributed by atoms with E-state index in [-0.39, 0.29) is 0 Å². The number of nitrogens with one attached hydrogen (secondary N) is 3. The van der Waals surface area contributed by atoms with Crippen LogP contribution in [0, 0.1) is 0 Å². The van der Waals surface area contributed by atoms with Gasteiger partial charge < -0.3 is 146 Å². The molecule has 0 unspecified atom stereocenters. The molecule has 418 valence electrons. The van der Waals surface area contributed by atoms with Gasteiger partial charge in [-0.25, -0.2) is 4.79 Å². The molecule has 4 heterocycles. The van der Waals surface area contributed by atoms with Gasteiger partial charge in [0.25, 0.3) is 5.79 Å². The van der Waals surface area contributed by atoms with Gasteiger partial charge in [0, 0.05) is 20.3 Å². The molecule has 0 saturated carbocycles. The van der Waals surface area contributed by atoms with E-state index in [1.54, 1.807) is 0 Å². The number of carbonyl (C=O) groups is 4. The van der Waals surface area contributed by atoms with Gasteiger partial charge in [0.1, 0.15) is 116 Å². The standard InChI is InChI=1S/C39H67N3O30/c1-11(49)40-13(4-43)31(24(56)16(53)10-65-35-22(41-12(2)50)27(59)32(19(8-47)68-35)70-36-29(61)28(60)25(57)17(6-45)66-36)69-37-30(62)34(26(58)18(7-46)67-37)72-39(38(63)64)3-14(51)21(42-20(54)9-48)33(71-39)23(55)15(52)5-44/h13-19,21-37,43-48,51-53,55-62H,3-10H2,1-2H3,(H,40,49)(H,41,50)(H,42,54)(H,63,64)/t13-,14-,15+,16+,17+,18+,19+,21+,22+,23+,24-,25-,26-,27+,28-,29+,30+,31+,32+,33+,34-,35+,36-,37-,39-/m0/s1. The minimum atomic E-state index is -3.27. The Bertz CT molecular complexity index is 1740. The zero-order chi connectivity index (χ0) is 54.1. The lowest BCUT2D eigenvalue weighted by molar-refractivity contribution is -0.376. The fourth-order valence-corrected chi connectivity index (χ4v) is 8.44. The minimum Gasteiger partial charge on any atom is -0.477 e. The Morgan fingerprint density at radius 1 is 0.653 bits per heavy atom. The highest BCUT2D eigenvalue weighted by atomic mass is 16.8. The molecule has 33 nitrogen and oxygen atoms in total. The summed E-state index contributed by atoms with van der Waals surface area (Å²) in [5.74, 6) is -8.29. The molecule has 4 aliphatic rings. The second kappa shape index (κ2) is 27.1. The molecule has 0 bridgehead atoms. The van der Waals surface area contributed by atoms with Gasteiger partial charge in [0.2, 0.25) is 17.7 Å². The Balaban J connectivity index is 1.61. The van der Waals surface area contributed by atoms with E-state index in [9.17, 15) is 111 Å². The molecule has 0 aliphatic carbocycles. The topological polar surface area (TPSA) is 542 Å². The summed E-state index contributed by atoms with van der Waals surface area (Å²) in [6, 6.07) is -5.27. The highest BCUT2D eigenvalue weighted by molar-refractivity contribution is 5.78. The summed E-state index contributed by atoms with van der Waals surface area (Å²) in [6.45, 7) is -5.63. The van der Waals surface area contributed by atoms with Crippen LogP contribution in [0.15, 0.2) is 0 Å². The molecule has 0 aromatic rings. The zero-order valence-corrected chi connectivity index (χ0v) is 38.5. The molecular weight excluding hydrogens is 990 g/mol. The smallest absolute Gasteiger partial charge is 0.364 e. The number of aliphatic hydroxyl groups is 17. The molecule has 0 spiro atoms. The molecule has 33 heteroatoms. The van der Waals surface area contributed by atoms with Gasteiger partial charge in [0.15, 0.2) is 18.9 Å². The Hall–Kier alpha value is -3.12. The summed E-state index contributed by atoms with van der Waals surface area (Å²) in [5, 5.41) is 196. The highest BCUT2D eigenvalue weighted by Gasteiger charge is 2.60. The molecule has 25 atom stereocenters. The molecule has 3 amide bonds. The lowest BCUT2D eigenvalue weighted by atomic mass is 9.88. The van der Waals surface area contributed by atoms with Crippen molar-refractivity contribution >= 4 is 23.7 Å². The number of ether oxygens (including phenoxy) is 8. The number of hydrogen-bond donors (Lipinski definition) is 21. The number of aliphatic hydroxyl groups excluding tert-OH is 17. The van der Waals surface area contributed by atoms with Crippen LogP contribution in [0.25, 0.3) is 0 Å². The van der Waals surface area contributed by atoms with Gasteiger partial charge in [-0.15, -0.1) is 0 Å². The lowest BCUT2D eigenvalue weighted by Gasteiger charge is -2.50. The fourth-order valence-electron chi connectivity index (χ4n) is 8.44. The molecule has 4 fully saturated rings. The number of rotatable bonds is 24. The van der Waals surface area contributed by atoms with Crippen molar-refractivity contribution in [3.8, 4) is 0 Å². The van der Waals surface area contributed by atoms with Crippen LogP contribution in [0.3, 0.4) is 0 Å². The molecule has 0 aromatic carbocycles. The van der Waals surface area contributed by atoms with Crippen molar-refractivity contribution in [2.45, 2.75) is 173 Å². The quantitative estimate of drug-likeness (QED) is 0.0427. The van der Waals surface area contributed by atoms with E-state index in [1.165, 1.54) is 0 Å². The predicted molar refractivity (Wildman–Crippen MR) is 222 cm³/mol. The number of carboxylic acids is 1. The van der Waals surface area contributed by atoms with Gasteiger partial charge in [-0.05, 0) is 0 Å². The highest BCUT2D eigenvalue weighted by Crippen LogP contribution is 2.38. The summed E-state index contributed by atoms with van der Waals surface area (Å²) >= 11 is 0. The van der Waals surface area contributed by atoms with E-state index in [0.29, 0.717) is 0 Å². The Labute approximate surface area is 407 Å². The largest absolute Gasteiger partial charge is 0.477 e. The van der Waals surface area contributed by atoms with Crippen LogP contribution in [-0.2, 0) is 57.1 Å². The van der Waals surface area contributed by atoms with Crippen LogP contribution >= 0.6 is 0 Å². The lowest BCUT2D eigenvalue weighted by Crippen LogP contribution is -2.71. The van der Waals surface area contributed by atoms with Crippen molar-refractivity contribution in [2.75, 3.05) is 46.2 Å². The van der Waals surface area contributed by atoms with Crippen molar-refractivity contribution in [3.63, 3.8) is 0 Å². The van der Waals surface area contributed by atoms with Crippen molar-refractivity contribution in [1.82, 2.24) is 16.0 Å². The third-order valence-corrected chi connectivity index (χ3v) is 12.2. The maximum absolute atomic E-state index is 13.0. The van der Waals surface area contributed by atoms with E-state index in [4.69, 9.17) is 37.9 Å². The average molecular weight is 1060 g/mol. The average Bonchev–Trinajstić information content (AvgIpc) is 3.34. The zero-order valence-electron chi connectivity index (χ0n) is 38.5. The van der Waals surface area contributed by atoms with E-state index in [2.05, 4.69) is 16.0 Å². The van der Waals surface area contributed by atoms with Crippen molar-refractivity contribution < 1.29 is 149 Å². The number of hydrogen-bond acceptors (Lipinski definition) is 29. The van der Waals surface area contributed by atoms with Crippen LogP contribution in [-0.4, -0.2) is 315 Å². The summed E-state index contributed by atoms with van der Waals surface area (Å²) in [4.78, 5) is 49.6. The second-order valence-corrected chi connectivity index (χ2v) is 17.4. The summed E-state index contributed by atoms with van der Waals surface area (Å²) < 4.78 is 44.8. The van der Waals surface area contributed by atoms with E-state index in [1.807, 2.05) is 0 Å². The molecule has 4 rings (SSSR count). The monoisotopic (exact) mass is 1060 g/mol. The molecular formula is C39H67N3O30. The maximum atomic E-state index is 13.0. The van der Waals surface area contributed by atoms with E-state index < -0.39 is 229 Å². The molecule has 72 heavy (non-hydrogen) atoms. The molecule has 4 aliphatic heterocycles. The SMILES string of the molecule is CC(=O)N[C@H]1[C@H](OC[C@@H](O)[C@H](O)[C@H](O[C@@H]2O[C@H](CO)[C@H](O)[C@H](O[C@]3(C(=O)O)C[C@H](O)[C@@H](NC(=O)CO)[C@H]([C@H](O)[C@H](O)CO)O3)[C@H]2O)[C@H](CO)NC(C)=O)O[C@H](CO)[C@@H](O[C@@H]2O[C@H](CO)[C@H](O)[C@H](O)[C@H]2O)[C@@H]1O.